The zero-order valence-electron chi connectivity index (χ0n) is 12.7. The van der Waals surface area contributed by atoms with Crippen molar-refractivity contribution in [3.05, 3.63) is 24.4 Å². The van der Waals surface area contributed by atoms with Gasteiger partial charge < -0.3 is 13.9 Å². The van der Waals surface area contributed by atoms with Crippen LogP contribution < -0.4 is 9.47 Å². The van der Waals surface area contributed by atoms with Gasteiger partial charge in [0.1, 0.15) is 5.69 Å². The number of nitrogens with zero attached hydrogens (tertiary/aromatic N) is 3. The molecule has 0 aliphatic carbocycles. The van der Waals surface area contributed by atoms with Crippen LogP contribution in [0.25, 0.3) is 27.4 Å². The molecule has 0 unspecified atom stereocenters. The van der Waals surface area contributed by atoms with Crippen molar-refractivity contribution in [2.75, 3.05) is 20.5 Å². The Morgan fingerprint density at radius 2 is 2.13 bits per heavy atom. The predicted molar refractivity (Wildman–Crippen MR) is 91.0 cm³/mol. The average molecular weight is 347 g/mol. The van der Waals surface area contributed by atoms with Gasteiger partial charge >= 0.3 is 0 Å². The molecule has 118 valence electrons. The van der Waals surface area contributed by atoms with E-state index in [2.05, 4.69) is 10.1 Å². The summed E-state index contributed by atoms with van der Waals surface area (Å²) in [6.45, 7) is 0. The maximum absolute atomic E-state index is 5.96. The number of aromatic nitrogens is 3. The van der Waals surface area contributed by atoms with Crippen molar-refractivity contribution >= 4 is 39.0 Å². The lowest BCUT2D eigenvalue weighted by atomic mass is 10.2. The summed E-state index contributed by atoms with van der Waals surface area (Å²) in [5.41, 5.74) is 1.39. The number of thioether (sulfide) groups is 1. The highest BCUT2D eigenvalue weighted by molar-refractivity contribution is 8.00. The molecule has 0 saturated heterocycles. The minimum absolute atomic E-state index is 0.583. The number of furan rings is 1. The molecule has 0 atom stereocenters. The van der Waals surface area contributed by atoms with Crippen molar-refractivity contribution in [2.45, 2.75) is 4.34 Å². The molecule has 0 spiro atoms. The number of methoxy groups -OCH3 is 2. The molecule has 0 bridgehead atoms. The molecular weight excluding hydrogens is 334 g/mol. The molecule has 0 N–H and O–H groups in total. The molecule has 0 aliphatic heterocycles. The fraction of sp³-hybridized carbons (Fsp3) is 0.200. The molecule has 3 aromatic heterocycles. The topological polar surface area (TPSA) is 61.8 Å². The minimum atomic E-state index is 0.583. The highest BCUT2D eigenvalue weighted by atomic mass is 32.2. The summed E-state index contributed by atoms with van der Waals surface area (Å²) in [6.07, 6.45) is 3.87. The van der Waals surface area contributed by atoms with E-state index < -0.39 is 0 Å². The van der Waals surface area contributed by atoms with Crippen LogP contribution in [0.4, 0.5) is 0 Å². The van der Waals surface area contributed by atoms with Crippen molar-refractivity contribution in [3.8, 4) is 23.0 Å². The third-order valence-corrected chi connectivity index (χ3v) is 5.38. The number of ether oxygens (including phenoxy) is 2. The van der Waals surface area contributed by atoms with Gasteiger partial charge in [0.25, 0.3) is 0 Å². The molecule has 8 heteroatoms. The largest absolute Gasteiger partial charge is 0.493 e. The Balaban J connectivity index is 1.85. The second kappa shape index (κ2) is 5.47. The lowest BCUT2D eigenvalue weighted by Gasteiger charge is -2.06. The van der Waals surface area contributed by atoms with Gasteiger partial charge in [-0.3, -0.25) is 0 Å². The van der Waals surface area contributed by atoms with Crippen molar-refractivity contribution < 1.29 is 13.9 Å². The first kappa shape index (κ1) is 14.4. The Morgan fingerprint density at radius 3 is 2.83 bits per heavy atom. The number of hydrogen-bond acceptors (Lipinski definition) is 7. The Kier molecular flexibility index (Phi) is 3.42. The van der Waals surface area contributed by atoms with Crippen LogP contribution in [-0.4, -0.2) is 35.1 Å². The van der Waals surface area contributed by atoms with Gasteiger partial charge in [0, 0.05) is 5.39 Å². The highest BCUT2D eigenvalue weighted by Crippen LogP contribution is 2.39. The monoisotopic (exact) mass is 347 g/mol. The summed E-state index contributed by atoms with van der Waals surface area (Å²) in [5, 5.41) is 5.38. The van der Waals surface area contributed by atoms with E-state index in [4.69, 9.17) is 13.9 Å². The van der Waals surface area contributed by atoms with Crippen LogP contribution in [0.1, 0.15) is 0 Å². The normalized spacial score (nSPS) is 11.4. The van der Waals surface area contributed by atoms with E-state index in [1.54, 1.807) is 41.8 Å². The van der Waals surface area contributed by atoms with Gasteiger partial charge in [-0.2, -0.15) is 0 Å². The molecule has 4 aromatic rings. The Hall–Kier alpha value is -2.19. The van der Waals surface area contributed by atoms with Gasteiger partial charge in [-0.25, -0.2) is 9.50 Å². The van der Waals surface area contributed by atoms with Gasteiger partial charge in [-0.15, -0.1) is 5.10 Å². The predicted octanol–water partition coefficient (Wildman–Crippen LogP) is 3.94. The Bertz CT molecular complexity index is 971. The smallest absolute Gasteiger partial charge is 0.213 e. The van der Waals surface area contributed by atoms with Crippen molar-refractivity contribution in [1.29, 1.82) is 0 Å². The highest BCUT2D eigenvalue weighted by Gasteiger charge is 2.17. The summed E-state index contributed by atoms with van der Waals surface area (Å²) in [6, 6.07) is 5.74. The van der Waals surface area contributed by atoms with E-state index in [1.165, 1.54) is 0 Å². The third-order valence-electron chi connectivity index (χ3n) is 3.48. The number of imidazole rings is 1. The zero-order valence-corrected chi connectivity index (χ0v) is 14.3. The molecule has 0 saturated carbocycles. The fourth-order valence-corrected chi connectivity index (χ4v) is 3.77. The lowest BCUT2D eigenvalue weighted by molar-refractivity contribution is 0.354. The van der Waals surface area contributed by atoms with Crippen LogP contribution in [0, 0.1) is 0 Å². The molecule has 0 amide bonds. The van der Waals surface area contributed by atoms with Crippen LogP contribution in [0.2, 0.25) is 0 Å². The van der Waals surface area contributed by atoms with Gasteiger partial charge in [0.15, 0.2) is 21.4 Å². The van der Waals surface area contributed by atoms with Gasteiger partial charge in [-0.05, 0) is 24.5 Å². The first-order valence-corrected chi connectivity index (χ1v) is 8.82. The van der Waals surface area contributed by atoms with E-state index in [0.29, 0.717) is 22.8 Å². The molecule has 0 aliphatic rings. The SMILES string of the molecule is COc1ccc2cc(-c3cn4nc(SC)sc4n3)oc2c1OC. The summed E-state index contributed by atoms with van der Waals surface area (Å²) in [4.78, 5) is 5.43. The maximum Gasteiger partial charge on any atom is 0.213 e. The number of benzene rings is 1. The Labute approximate surface area is 140 Å². The van der Waals surface area contributed by atoms with Crippen LogP contribution in [0.15, 0.2) is 33.2 Å². The van der Waals surface area contributed by atoms with Crippen LogP contribution in [0.3, 0.4) is 0 Å². The summed E-state index contributed by atoms with van der Waals surface area (Å²) < 4.78 is 19.4. The van der Waals surface area contributed by atoms with E-state index in [0.717, 1.165) is 20.4 Å². The van der Waals surface area contributed by atoms with Crippen LogP contribution in [0.5, 0.6) is 11.5 Å². The van der Waals surface area contributed by atoms with E-state index in [-0.39, 0.29) is 0 Å². The van der Waals surface area contributed by atoms with E-state index in [1.807, 2.05) is 30.7 Å². The summed E-state index contributed by atoms with van der Waals surface area (Å²) in [7, 11) is 3.20. The van der Waals surface area contributed by atoms with E-state index >= 15 is 0 Å². The molecule has 0 radical (unpaired) electrons. The summed E-state index contributed by atoms with van der Waals surface area (Å²) >= 11 is 3.16. The van der Waals surface area contributed by atoms with Gasteiger partial charge in [0.2, 0.25) is 10.7 Å². The second-order valence-electron chi connectivity index (χ2n) is 4.76. The van der Waals surface area contributed by atoms with Crippen molar-refractivity contribution in [2.24, 2.45) is 0 Å². The number of hydrogen-bond donors (Lipinski definition) is 0. The quantitative estimate of drug-likeness (QED) is 0.521. The third kappa shape index (κ3) is 2.25. The molecule has 23 heavy (non-hydrogen) atoms. The molecule has 6 nitrogen and oxygen atoms in total. The van der Waals surface area contributed by atoms with Crippen molar-refractivity contribution in [3.63, 3.8) is 0 Å². The van der Waals surface area contributed by atoms with E-state index in [9.17, 15) is 0 Å². The fourth-order valence-electron chi connectivity index (χ4n) is 2.42. The first-order chi connectivity index (χ1) is 11.2. The first-order valence-electron chi connectivity index (χ1n) is 6.78. The number of rotatable bonds is 4. The van der Waals surface area contributed by atoms with Crippen molar-refractivity contribution in [1.82, 2.24) is 14.6 Å². The number of fused-ring (bicyclic) bond motifs is 2. The standard InChI is InChI=1S/C15H13N3O3S2/c1-19-10-5-4-8-6-11(21-12(8)13(10)20-2)9-7-18-14(16-9)23-15(17-18)22-3/h4-7H,1-3H3. The second-order valence-corrected chi connectivity index (χ2v) is 6.76. The lowest BCUT2D eigenvalue weighted by Crippen LogP contribution is -1.89. The van der Waals surface area contributed by atoms with Crippen LogP contribution in [-0.2, 0) is 0 Å². The Morgan fingerprint density at radius 1 is 1.26 bits per heavy atom. The molecule has 1 aromatic carbocycles. The average Bonchev–Trinajstić information content (AvgIpc) is 3.24. The molecule has 4 rings (SSSR count). The van der Waals surface area contributed by atoms with Crippen LogP contribution >= 0.6 is 23.1 Å². The molecule has 0 fully saturated rings. The molecule has 3 heterocycles. The summed E-state index contributed by atoms with van der Waals surface area (Å²) in [5.74, 6) is 1.90. The van der Waals surface area contributed by atoms with Gasteiger partial charge in [0.05, 0.1) is 20.4 Å². The maximum atomic E-state index is 5.96. The van der Waals surface area contributed by atoms with Gasteiger partial charge in [-0.1, -0.05) is 23.1 Å². The zero-order chi connectivity index (χ0) is 16.0. The minimum Gasteiger partial charge on any atom is -0.493 e. The molecular formula is C15H13N3O3S2.